The molecule has 7 aromatic carbocycles. The first-order valence-electron chi connectivity index (χ1n) is 21.0. The second-order valence-electron chi connectivity index (χ2n) is 16.5. The number of phosphoric ester groups is 1. The van der Waals surface area contributed by atoms with Gasteiger partial charge in [-0.05, 0) is 52.1 Å². The smallest absolute Gasteiger partial charge is 0.395 e. The van der Waals surface area contributed by atoms with Crippen LogP contribution in [0.25, 0.3) is 0 Å². The Morgan fingerprint density at radius 3 is 0.873 bits per heavy atom. The molecule has 63 heavy (non-hydrogen) atoms. The number of para-hydroxylation sites is 2. The summed E-state index contributed by atoms with van der Waals surface area (Å²) >= 11 is 0. The lowest BCUT2D eigenvalue weighted by Crippen LogP contribution is -2.93. The second kappa shape index (κ2) is 18.1. The molecule has 7 aromatic rings. The van der Waals surface area contributed by atoms with Crippen molar-refractivity contribution in [2.24, 2.45) is 0 Å². The number of rotatable bonds is 16. The van der Waals surface area contributed by atoms with E-state index in [1.54, 1.807) is 212 Å². The zero-order valence-corrected chi connectivity index (χ0v) is 35.5. The normalized spacial score (nSPS) is 25.8. The first-order chi connectivity index (χ1) is 30.4. The summed E-state index contributed by atoms with van der Waals surface area (Å²) in [4.78, 5) is 0. The first-order valence-corrected chi connectivity index (χ1v) is 22.4. The maximum atomic E-state index is 15.8. The molecule has 0 spiro atoms. The summed E-state index contributed by atoms with van der Waals surface area (Å²) in [5, 5.41) is 71.1. The van der Waals surface area contributed by atoms with Crippen molar-refractivity contribution in [1.29, 1.82) is 0 Å². The fraction of sp³-hybridized carbons (Fsp3) is 0.208. The van der Waals surface area contributed by atoms with Crippen LogP contribution in [-0.4, -0.2) is 59.6 Å². The first kappa shape index (κ1) is 43.8. The summed E-state index contributed by atoms with van der Waals surface area (Å²) in [6.45, 7) is 0. The number of hydrogen-bond acceptors (Lipinski definition) is 9. The van der Waals surface area contributed by atoms with Crippen LogP contribution in [0.3, 0.4) is 0 Å². The predicted octanol–water partition coefficient (Wildman–Crippen LogP) is 8.52. The Labute approximate surface area is 368 Å². The van der Waals surface area contributed by atoms with Crippen LogP contribution in [0.4, 0.5) is 0 Å². The van der Waals surface area contributed by atoms with E-state index in [0.717, 1.165) is 0 Å². The third-order valence-corrected chi connectivity index (χ3v) is 13.7. The zero-order valence-electron chi connectivity index (χ0n) is 34.6. The largest absolute Gasteiger partial charge is 0.588 e. The minimum Gasteiger partial charge on any atom is -0.395 e. The van der Waals surface area contributed by atoms with Gasteiger partial charge in [0.15, 0.2) is 0 Å². The Hall–Kier alpha value is -5.87. The van der Waals surface area contributed by atoms with Crippen molar-refractivity contribution in [1.82, 2.24) is 0 Å². The van der Waals surface area contributed by atoms with E-state index in [0.29, 0.717) is 27.8 Å². The fourth-order valence-electron chi connectivity index (χ4n) is 9.33. The molecule has 8 rings (SSSR count). The minimum absolute atomic E-state index is 0.0745. The van der Waals surface area contributed by atoms with Crippen LogP contribution in [0.2, 0.25) is 0 Å². The summed E-state index contributed by atoms with van der Waals surface area (Å²) in [5.41, 5.74) is -11.7. The second-order valence-corrected chi connectivity index (χ2v) is 18.0. The molecule has 322 valence electrons. The van der Waals surface area contributed by atoms with Gasteiger partial charge in [0.1, 0.15) is 45.6 Å². The monoisotopic (exact) mass is 862 g/mol. The Morgan fingerprint density at radius 2 is 0.587 bits per heavy atom. The fourth-order valence-corrected chi connectivity index (χ4v) is 10.8. The van der Waals surface area contributed by atoms with Crippen LogP contribution >= 0.6 is 7.82 Å². The van der Waals surface area contributed by atoms with Crippen molar-refractivity contribution >= 4 is 7.82 Å². The molecule has 5 N–H and O–H groups in total. The van der Waals surface area contributed by atoms with E-state index in [2.05, 4.69) is 0 Å². The van der Waals surface area contributed by atoms with Gasteiger partial charge in [0, 0.05) is 32.1 Å². The molecule has 1 aliphatic carbocycles. The summed E-state index contributed by atoms with van der Waals surface area (Å²) in [5.74, 6) is 0.149. The maximum Gasteiger partial charge on any atom is 0.588 e. The van der Waals surface area contributed by atoms with E-state index in [1.807, 2.05) is 0 Å². The van der Waals surface area contributed by atoms with Gasteiger partial charge < -0.3 is 34.6 Å². The average molecular weight is 863 g/mol. The standard InChI is InChI=1S/C53H51O9P/c54-49(36-41-22-8-1-9-23-41)48(62-63(59,60-46-32-18-6-19-33-46)61-47-34-20-7-21-35-47)50(55,37-42-24-10-2-11-25-42)52(57,39-44-28-14-4-15-29-44)53(58,40-45-30-16-5-17-31-45)51(49,56)38-43-26-12-3-13-27-43/h1-35,48,54-58H,36-40H2/t48-,49-,50-,51+,52-,53-/m1/s1. The molecule has 0 bridgehead atoms. The Morgan fingerprint density at radius 1 is 0.349 bits per heavy atom. The molecule has 1 saturated carbocycles. The summed E-state index contributed by atoms with van der Waals surface area (Å²) in [6, 6.07) is 60.4. The lowest BCUT2D eigenvalue weighted by atomic mass is 9.44. The van der Waals surface area contributed by atoms with Gasteiger partial charge in [-0.1, -0.05) is 188 Å². The van der Waals surface area contributed by atoms with Crippen LogP contribution in [0.5, 0.6) is 11.5 Å². The highest BCUT2D eigenvalue weighted by Gasteiger charge is 2.84. The Bertz CT molecular complexity index is 2420. The quantitative estimate of drug-likeness (QED) is 0.0604. The van der Waals surface area contributed by atoms with E-state index >= 15 is 4.57 Å². The average Bonchev–Trinajstić information content (AvgIpc) is 3.30. The molecule has 1 fully saturated rings. The number of phosphoric acid groups is 1. The lowest BCUT2D eigenvalue weighted by Gasteiger charge is -2.70. The van der Waals surface area contributed by atoms with Crippen molar-refractivity contribution in [2.75, 3.05) is 0 Å². The molecule has 10 heteroatoms. The van der Waals surface area contributed by atoms with Crippen molar-refractivity contribution in [3.05, 3.63) is 240 Å². The Kier molecular flexibility index (Phi) is 12.6. The van der Waals surface area contributed by atoms with E-state index < -0.39 is 74.0 Å². The SMILES string of the molecule is O=P(Oc1ccccc1)(Oc1ccccc1)O[C@@H]1[C@](O)(Cc2ccccc2)[C@@](O)(Cc2ccccc2)[C@](O)(Cc2ccccc2)[C@@](O)(Cc2ccccc2)[C@@]1(O)Cc1ccccc1. The van der Waals surface area contributed by atoms with Gasteiger partial charge in [-0.25, -0.2) is 4.57 Å². The van der Waals surface area contributed by atoms with Crippen LogP contribution < -0.4 is 9.05 Å². The molecule has 0 unspecified atom stereocenters. The number of hydrogen-bond donors (Lipinski definition) is 5. The molecular formula is C53H51O9P. The highest BCUT2D eigenvalue weighted by Crippen LogP contribution is 2.63. The molecular weight excluding hydrogens is 812 g/mol. The molecule has 0 saturated heterocycles. The van der Waals surface area contributed by atoms with Crippen LogP contribution in [-0.2, 0) is 41.2 Å². The van der Waals surface area contributed by atoms with Gasteiger partial charge in [0.2, 0.25) is 0 Å². The minimum atomic E-state index is -5.11. The number of benzene rings is 7. The molecule has 0 heterocycles. The highest BCUT2D eigenvalue weighted by molar-refractivity contribution is 7.49. The molecule has 0 aliphatic heterocycles. The molecule has 0 aromatic heterocycles. The summed E-state index contributed by atoms with van der Waals surface area (Å²) in [6.07, 6.45) is -4.60. The predicted molar refractivity (Wildman–Crippen MR) is 242 cm³/mol. The Balaban J connectivity index is 1.47. The maximum absolute atomic E-state index is 15.8. The van der Waals surface area contributed by atoms with Gasteiger partial charge in [-0.3, -0.25) is 4.52 Å². The molecule has 6 atom stereocenters. The van der Waals surface area contributed by atoms with Gasteiger partial charge in [0.05, 0.1) is 0 Å². The van der Waals surface area contributed by atoms with E-state index in [9.17, 15) is 25.5 Å². The highest BCUT2D eigenvalue weighted by atomic mass is 31.2. The zero-order chi connectivity index (χ0) is 44.0. The molecule has 1 aliphatic rings. The van der Waals surface area contributed by atoms with Crippen LogP contribution in [0.1, 0.15) is 27.8 Å². The van der Waals surface area contributed by atoms with Crippen LogP contribution in [0.15, 0.2) is 212 Å². The number of aliphatic hydroxyl groups is 5. The van der Waals surface area contributed by atoms with Gasteiger partial charge in [0.25, 0.3) is 0 Å². The van der Waals surface area contributed by atoms with Crippen molar-refractivity contribution < 1.29 is 43.7 Å². The van der Waals surface area contributed by atoms with Gasteiger partial charge in [-0.2, -0.15) is 0 Å². The van der Waals surface area contributed by atoms with E-state index in [1.165, 1.54) is 0 Å². The molecule has 9 nitrogen and oxygen atoms in total. The van der Waals surface area contributed by atoms with E-state index in [4.69, 9.17) is 13.6 Å². The van der Waals surface area contributed by atoms with E-state index in [-0.39, 0.29) is 11.5 Å². The van der Waals surface area contributed by atoms with Crippen LogP contribution in [0, 0.1) is 0 Å². The third-order valence-electron chi connectivity index (χ3n) is 12.4. The molecule has 0 radical (unpaired) electrons. The van der Waals surface area contributed by atoms with Crippen molar-refractivity contribution in [3.63, 3.8) is 0 Å². The third kappa shape index (κ3) is 8.62. The van der Waals surface area contributed by atoms with Crippen molar-refractivity contribution in [2.45, 2.75) is 66.2 Å². The lowest BCUT2D eigenvalue weighted by molar-refractivity contribution is -0.405. The van der Waals surface area contributed by atoms with Gasteiger partial charge >= 0.3 is 7.82 Å². The van der Waals surface area contributed by atoms with Gasteiger partial charge in [-0.15, -0.1) is 0 Å². The molecule has 0 amide bonds. The topological polar surface area (TPSA) is 146 Å². The van der Waals surface area contributed by atoms with Crippen molar-refractivity contribution in [3.8, 4) is 11.5 Å². The summed E-state index contributed by atoms with van der Waals surface area (Å²) < 4.78 is 34.9. The summed E-state index contributed by atoms with van der Waals surface area (Å²) in [7, 11) is -5.11.